The molecule has 1 aromatic heterocycles. The van der Waals surface area contributed by atoms with E-state index in [1.54, 1.807) is 11.9 Å². The van der Waals surface area contributed by atoms with E-state index < -0.39 is 0 Å². The van der Waals surface area contributed by atoms with Crippen LogP contribution in [-0.4, -0.2) is 47.1 Å². The van der Waals surface area contributed by atoms with Crippen LogP contribution in [0.2, 0.25) is 0 Å². The van der Waals surface area contributed by atoms with Gasteiger partial charge in [0.15, 0.2) is 5.82 Å². The average Bonchev–Trinajstić information content (AvgIpc) is 2.47. The normalized spacial score (nSPS) is 18.9. The SMILES string of the molecule is CN(CC1CCCCO1)C(=O)c1cncc(NN)n1. The molecule has 3 N–H and O–H groups in total. The molecule has 1 fully saturated rings. The predicted molar refractivity (Wildman–Crippen MR) is 70.4 cm³/mol. The van der Waals surface area contributed by atoms with Crippen LogP contribution in [-0.2, 0) is 4.74 Å². The third kappa shape index (κ3) is 3.62. The number of nitrogens with zero attached hydrogens (tertiary/aromatic N) is 3. The second kappa shape index (κ2) is 6.44. The van der Waals surface area contributed by atoms with Crippen LogP contribution in [0.15, 0.2) is 12.4 Å². The maximum Gasteiger partial charge on any atom is 0.273 e. The number of rotatable bonds is 4. The number of hydrogen-bond donors (Lipinski definition) is 2. The lowest BCUT2D eigenvalue weighted by molar-refractivity contribution is -0.000295. The van der Waals surface area contributed by atoms with Gasteiger partial charge < -0.3 is 15.1 Å². The third-order valence-corrected chi connectivity index (χ3v) is 3.10. The van der Waals surface area contributed by atoms with Gasteiger partial charge in [0, 0.05) is 20.2 Å². The van der Waals surface area contributed by atoms with Crippen molar-refractivity contribution >= 4 is 11.7 Å². The van der Waals surface area contributed by atoms with Crippen molar-refractivity contribution in [1.29, 1.82) is 0 Å². The van der Waals surface area contributed by atoms with E-state index in [0.717, 1.165) is 25.9 Å². The van der Waals surface area contributed by atoms with Crippen LogP contribution in [0.25, 0.3) is 0 Å². The maximum atomic E-state index is 12.2. The molecule has 0 aromatic carbocycles. The molecule has 104 valence electrons. The summed E-state index contributed by atoms with van der Waals surface area (Å²) >= 11 is 0. The highest BCUT2D eigenvalue weighted by atomic mass is 16.5. The van der Waals surface area contributed by atoms with Crippen molar-refractivity contribution in [3.8, 4) is 0 Å². The maximum absolute atomic E-state index is 12.2. The summed E-state index contributed by atoms with van der Waals surface area (Å²) in [7, 11) is 1.74. The van der Waals surface area contributed by atoms with Gasteiger partial charge in [-0.15, -0.1) is 0 Å². The van der Waals surface area contributed by atoms with Gasteiger partial charge >= 0.3 is 0 Å². The second-order valence-electron chi connectivity index (χ2n) is 4.61. The Morgan fingerprint density at radius 1 is 1.58 bits per heavy atom. The van der Waals surface area contributed by atoms with Crippen LogP contribution in [0.1, 0.15) is 29.8 Å². The Labute approximate surface area is 112 Å². The van der Waals surface area contributed by atoms with Crippen LogP contribution in [0.4, 0.5) is 5.82 Å². The van der Waals surface area contributed by atoms with E-state index in [4.69, 9.17) is 10.6 Å². The van der Waals surface area contributed by atoms with Crippen LogP contribution in [0.5, 0.6) is 0 Å². The lowest BCUT2D eigenvalue weighted by Crippen LogP contribution is -2.37. The Morgan fingerprint density at radius 3 is 3.11 bits per heavy atom. The van der Waals surface area contributed by atoms with Crippen LogP contribution >= 0.6 is 0 Å². The monoisotopic (exact) mass is 265 g/mol. The highest BCUT2D eigenvalue weighted by Gasteiger charge is 2.20. The number of likely N-dealkylation sites (N-methyl/N-ethyl adjacent to an activating group) is 1. The summed E-state index contributed by atoms with van der Waals surface area (Å²) < 4.78 is 5.62. The fourth-order valence-corrected chi connectivity index (χ4v) is 2.07. The summed E-state index contributed by atoms with van der Waals surface area (Å²) in [6, 6.07) is 0. The number of anilines is 1. The predicted octanol–water partition coefficient (Wildman–Crippen LogP) is 0.403. The Morgan fingerprint density at radius 2 is 2.42 bits per heavy atom. The number of hydrogen-bond acceptors (Lipinski definition) is 6. The number of amides is 1. The fourth-order valence-electron chi connectivity index (χ4n) is 2.07. The molecule has 1 amide bonds. The van der Waals surface area contributed by atoms with Gasteiger partial charge in [-0.2, -0.15) is 0 Å². The first kappa shape index (κ1) is 13.7. The van der Waals surface area contributed by atoms with Gasteiger partial charge in [0.1, 0.15) is 5.69 Å². The molecule has 0 spiro atoms. The van der Waals surface area contributed by atoms with E-state index in [1.165, 1.54) is 12.4 Å². The van der Waals surface area contributed by atoms with E-state index in [-0.39, 0.29) is 17.7 Å². The molecule has 1 aromatic rings. The Hall–Kier alpha value is -1.73. The van der Waals surface area contributed by atoms with Gasteiger partial charge in [-0.3, -0.25) is 9.78 Å². The smallest absolute Gasteiger partial charge is 0.273 e. The zero-order valence-electron chi connectivity index (χ0n) is 11.0. The topological polar surface area (TPSA) is 93.4 Å². The van der Waals surface area contributed by atoms with Crippen LogP contribution < -0.4 is 11.3 Å². The van der Waals surface area contributed by atoms with Gasteiger partial charge in [0.05, 0.1) is 18.5 Å². The molecule has 2 heterocycles. The number of aromatic nitrogens is 2. The first-order valence-electron chi connectivity index (χ1n) is 6.36. The highest BCUT2D eigenvalue weighted by Crippen LogP contribution is 2.14. The number of carbonyl (C=O) groups is 1. The number of hydrazine groups is 1. The molecule has 1 saturated heterocycles. The number of nitrogens with two attached hydrogens (primary N) is 1. The fraction of sp³-hybridized carbons (Fsp3) is 0.583. The molecule has 19 heavy (non-hydrogen) atoms. The summed E-state index contributed by atoms with van der Waals surface area (Å²) in [4.78, 5) is 21.8. The lowest BCUT2D eigenvalue weighted by Gasteiger charge is -2.27. The molecule has 2 rings (SSSR count). The van der Waals surface area contributed by atoms with E-state index in [9.17, 15) is 4.79 Å². The van der Waals surface area contributed by atoms with E-state index in [0.29, 0.717) is 12.4 Å². The van der Waals surface area contributed by atoms with Gasteiger partial charge in [-0.05, 0) is 19.3 Å². The molecule has 0 aliphatic carbocycles. The minimum Gasteiger partial charge on any atom is -0.376 e. The molecule has 7 heteroatoms. The number of nitrogens with one attached hydrogen (secondary N) is 1. The van der Waals surface area contributed by atoms with Crippen LogP contribution in [0, 0.1) is 0 Å². The molecule has 7 nitrogen and oxygen atoms in total. The molecule has 1 aliphatic rings. The summed E-state index contributed by atoms with van der Waals surface area (Å²) in [6.45, 7) is 1.35. The molecular weight excluding hydrogens is 246 g/mol. The van der Waals surface area contributed by atoms with Crippen LogP contribution in [0.3, 0.4) is 0 Å². The average molecular weight is 265 g/mol. The van der Waals surface area contributed by atoms with Crippen molar-refractivity contribution in [2.24, 2.45) is 5.84 Å². The van der Waals surface area contributed by atoms with E-state index in [2.05, 4.69) is 15.4 Å². The van der Waals surface area contributed by atoms with Gasteiger partial charge in [-0.25, -0.2) is 10.8 Å². The van der Waals surface area contributed by atoms with E-state index >= 15 is 0 Å². The molecule has 0 radical (unpaired) electrons. The Bertz CT molecular complexity index is 434. The molecule has 0 saturated carbocycles. The molecule has 1 aliphatic heterocycles. The van der Waals surface area contributed by atoms with Gasteiger partial charge in [-0.1, -0.05) is 0 Å². The quantitative estimate of drug-likeness (QED) is 0.604. The highest BCUT2D eigenvalue weighted by molar-refractivity contribution is 5.92. The second-order valence-corrected chi connectivity index (χ2v) is 4.61. The van der Waals surface area contributed by atoms with E-state index in [1.807, 2.05) is 0 Å². The van der Waals surface area contributed by atoms with Crippen molar-refractivity contribution in [2.75, 3.05) is 25.6 Å². The molecule has 1 atom stereocenters. The largest absolute Gasteiger partial charge is 0.376 e. The number of ether oxygens (including phenoxy) is 1. The molecule has 0 bridgehead atoms. The molecule has 1 unspecified atom stereocenters. The van der Waals surface area contributed by atoms with Crippen molar-refractivity contribution < 1.29 is 9.53 Å². The summed E-state index contributed by atoms with van der Waals surface area (Å²) in [5.74, 6) is 5.43. The van der Waals surface area contributed by atoms with Gasteiger partial charge in [0.2, 0.25) is 0 Å². The molecular formula is C12H19N5O2. The number of carbonyl (C=O) groups excluding carboxylic acids is 1. The first-order valence-corrected chi connectivity index (χ1v) is 6.36. The minimum atomic E-state index is -0.182. The zero-order chi connectivity index (χ0) is 13.7. The van der Waals surface area contributed by atoms with Crippen molar-refractivity contribution in [3.63, 3.8) is 0 Å². The van der Waals surface area contributed by atoms with Gasteiger partial charge in [0.25, 0.3) is 5.91 Å². The lowest BCUT2D eigenvalue weighted by atomic mass is 10.1. The summed E-state index contributed by atoms with van der Waals surface area (Å²) in [5.41, 5.74) is 2.65. The summed E-state index contributed by atoms with van der Waals surface area (Å²) in [5, 5.41) is 0. The standard InChI is InChI=1S/C12H19N5O2/c1-17(8-9-4-2-3-5-19-9)12(18)10-6-14-7-11(15-10)16-13/h6-7,9H,2-5,8,13H2,1H3,(H,15,16). The number of nitrogen functional groups attached to an aromatic ring is 1. The van der Waals surface area contributed by atoms with Crippen molar-refractivity contribution in [1.82, 2.24) is 14.9 Å². The minimum absolute atomic E-state index is 0.117. The van der Waals surface area contributed by atoms with Crippen molar-refractivity contribution in [2.45, 2.75) is 25.4 Å². The summed E-state index contributed by atoms with van der Waals surface area (Å²) in [6.07, 6.45) is 6.26. The Kier molecular flexibility index (Phi) is 4.64. The first-order chi connectivity index (χ1) is 9.20. The van der Waals surface area contributed by atoms with Crippen molar-refractivity contribution in [3.05, 3.63) is 18.1 Å². The zero-order valence-corrected chi connectivity index (χ0v) is 11.0. The third-order valence-electron chi connectivity index (χ3n) is 3.10. The Balaban J connectivity index is 1.97.